The Morgan fingerprint density at radius 2 is 1.94 bits per heavy atom. The van der Waals surface area contributed by atoms with Crippen molar-refractivity contribution in [3.63, 3.8) is 0 Å². The van der Waals surface area contributed by atoms with Crippen molar-refractivity contribution in [2.24, 2.45) is 0 Å². The van der Waals surface area contributed by atoms with E-state index < -0.39 is 28.9 Å². The standard InChI is InChI=1S/C11H13F3N2O/c1-6(15-2)5-16-11(17)7-3-4-8(12)10(14)9(7)13/h3-4,6,15H,5H2,1-2H3,(H,16,17). The Balaban J connectivity index is 2.80. The second-order valence-electron chi connectivity index (χ2n) is 3.62. The molecule has 0 spiro atoms. The van der Waals surface area contributed by atoms with Gasteiger partial charge in [-0.05, 0) is 26.1 Å². The topological polar surface area (TPSA) is 41.1 Å². The number of halogens is 3. The van der Waals surface area contributed by atoms with Crippen molar-refractivity contribution >= 4 is 5.91 Å². The average molecular weight is 246 g/mol. The number of rotatable bonds is 4. The van der Waals surface area contributed by atoms with Crippen LogP contribution in [0.15, 0.2) is 12.1 Å². The number of carbonyl (C=O) groups is 1. The first-order valence-electron chi connectivity index (χ1n) is 5.06. The molecule has 94 valence electrons. The lowest BCUT2D eigenvalue weighted by atomic mass is 10.2. The van der Waals surface area contributed by atoms with E-state index in [0.29, 0.717) is 0 Å². The zero-order valence-corrected chi connectivity index (χ0v) is 9.48. The number of carbonyl (C=O) groups excluding carboxylic acids is 1. The van der Waals surface area contributed by atoms with E-state index in [1.807, 2.05) is 6.92 Å². The first-order chi connectivity index (χ1) is 7.97. The fraction of sp³-hybridized carbons (Fsp3) is 0.364. The minimum atomic E-state index is -1.64. The van der Waals surface area contributed by atoms with Crippen molar-refractivity contribution in [2.45, 2.75) is 13.0 Å². The highest BCUT2D eigenvalue weighted by atomic mass is 19.2. The molecule has 0 saturated carbocycles. The third-order valence-corrected chi connectivity index (χ3v) is 2.34. The predicted molar refractivity (Wildman–Crippen MR) is 57.2 cm³/mol. The maximum Gasteiger partial charge on any atom is 0.254 e. The lowest BCUT2D eigenvalue weighted by molar-refractivity contribution is 0.0945. The zero-order chi connectivity index (χ0) is 13.0. The van der Waals surface area contributed by atoms with Crippen LogP contribution in [0.4, 0.5) is 13.2 Å². The smallest absolute Gasteiger partial charge is 0.254 e. The molecule has 1 aromatic carbocycles. The molecule has 0 aliphatic carbocycles. The van der Waals surface area contributed by atoms with Gasteiger partial charge in [-0.2, -0.15) is 0 Å². The molecule has 0 aromatic heterocycles. The molecule has 0 aliphatic rings. The Hall–Kier alpha value is -1.56. The first kappa shape index (κ1) is 13.5. The summed E-state index contributed by atoms with van der Waals surface area (Å²) in [5, 5.41) is 5.27. The van der Waals surface area contributed by atoms with Crippen LogP contribution in [0.3, 0.4) is 0 Å². The van der Waals surface area contributed by atoms with Gasteiger partial charge in [0, 0.05) is 12.6 Å². The molecule has 6 heteroatoms. The van der Waals surface area contributed by atoms with E-state index in [1.54, 1.807) is 7.05 Å². The van der Waals surface area contributed by atoms with Crippen LogP contribution in [0.2, 0.25) is 0 Å². The average Bonchev–Trinajstić information content (AvgIpc) is 2.32. The second kappa shape index (κ2) is 5.67. The van der Waals surface area contributed by atoms with Crippen LogP contribution in [0.5, 0.6) is 0 Å². The molecule has 2 N–H and O–H groups in total. The van der Waals surface area contributed by atoms with Gasteiger partial charge >= 0.3 is 0 Å². The molecule has 1 unspecified atom stereocenters. The van der Waals surface area contributed by atoms with Gasteiger partial charge in [0.1, 0.15) is 0 Å². The van der Waals surface area contributed by atoms with Gasteiger partial charge in [-0.15, -0.1) is 0 Å². The normalized spacial score (nSPS) is 12.3. The number of likely N-dealkylation sites (N-methyl/N-ethyl adjacent to an activating group) is 1. The van der Waals surface area contributed by atoms with Gasteiger partial charge < -0.3 is 10.6 Å². The van der Waals surface area contributed by atoms with E-state index in [1.165, 1.54) is 0 Å². The summed E-state index contributed by atoms with van der Waals surface area (Å²) in [6.45, 7) is 2.07. The maximum absolute atomic E-state index is 13.2. The molecular weight excluding hydrogens is 233 g/mol. The van der Waals surface area contributed by atoms with Crippen molar-refractivity contribution in [1.29, 1.82) is 0 Å². The monoisotopic (exact) mass is 246 g/mol. The summed E-state index contributed by atoms with van der Waals surface area (Å²) < 4.78 is 38.7. The van der Waals surface area contributed by atoms with Gasteiger partial charge in [0.15, 0.2) is 17.5 Å². The third-order valence-electron chi connectivity index (χ3n) is 2.34. The van der Waals surface area contributed by atoms with Gasteiger partial charge in [-0.1, -0.05) is 0 Å². The summed E-state index contributed by atoms with van der Waals surface area (Å²) in [4.78, 5) is 11.5. The van der Waals surface area contributed by atoms with Gasteiger partial charge in [0.2, 0.25) is 0 Å². The molecule has 17 heavy (non-hydrogen) atoms. The third kappa shape index (κ3) is 3.20. The van der Waals surface area contributed by atoms with Crippen LogP contribution >= 0.6 is 0 Å². The number of benzene rings is 1. The minimum Gasteiger partial charge on any atom is -0.350 e. The van der Waals surface area contributed by atoms with Crippen LogP contribution in [0.1, 0.15) is 17.3 Å². The SMILES string of the molecule is CNC(C)CNC(=O)c1ccc(F)c(F)c1F. The summed E-state index contributed by atoms with van der Waals surface area (Å²) in [6.07, 6.45) is 0. The predicted octanol–water partition coefficient (Wildman–Crippen LogP) is 1.44. The Labute approximate surface area is 97.0 Å². The van der Waals surface area contributed by atoms with Crippen molar-refractivity contribution in [1.82, 2.24) is 10.6 Å². The Kier molecular flexibility index (Phi) is 4.51. The number of amides is 1. The molecule has 0 aliphatic heterocycles. The van der Waals surface area contributed by atoms with Gasteiger partial charge in [0.05, 0.1) is 5.56 Å². The van der Waals surface area contributed by atoms with Crippen molar-refractivity contribution < 1.29 is 18.0 Å². The molecular formula is C11H13F3N2O. The largest absolute Gasteiger partial charge is 0.350 e. The summed E-state index contributed by atoms with van der Waals surface area (Å²) in [5.41, 5.74) is -0.507. The van der Waals surface area contributed by atoms with Crippen LogP contribution < -0.4 is 10.6 Å². The molecule has 0 heterocycles. The first-order valence-corrected chi connectivity index (χ1v) is 5.06. The van der Waals surface area contributed by atoms with Crippen LogP contribution in [0, 0.1) is 17.5 Å². The highest BCUT2D eigenvalue weighted by Gasteiger charge is 2.18. The Bertz CT molecular complexity index is 423. The van der Waals surface area contributed by atoms with Crippen molar-refractivity contribution in [3.05, 3.63) is 35.1 Å². The van der Waals surface area contributed by atoms with Crippen LogP contribution in [-0.2, 0) is 0 Å². The van der Waals surface area contributed by atoms with Crippen molar-refractivity contribution in [2.75, 3.05) is 13.6 Å². The van der Waals surface area contributed by atoms with E-state index in [-0.39, 0.29) is 12.6 Å². The number of nitrogens with one attached hydrogen (secondary N) is 2. The summed E-state index contributed by atoms with van der Waals surface area (Å²) in [6, 6.07) is 1.62. The van der Waals surface area contributed by atoms with E-state index in [4.69, 9.17) is 0 Å². The minimum absolute atomic E-state index is 0.00712. The van der Waals surface area contributed by atoms with E-state index in [9.17, 15) is 18.0 Å². The number of hydrogen-bond acceptors (Lipinski definition) is 2. The lowest BCUT2D eigenvalue weighted by Gasteiger charge is -2.11. The van der Waals surface area contributed by atoms with E-state index in [0.717, 1.165) is 12.1 Å². The molecule has 1 atom stereocenters. The maximum atomic E-state index is 13.2. The Morgan fingerprint density at radius 3 is 2.53 bits per heavy atom. The molecule has 1 rings (SSSR count). The molecule has 0 saturated heterocycles. The van der Waals surface area contributed by atoms with Gasteiger partial charge in [0.25, 0.3) is 5.91 Å². The fourth-order valence-electron chi connectivity index (χ4n) is 1.14. The summed E-state index contributed by atoms with van der Waals surface area (Å²) >= 11 is 0. The van der Waals surface area contributed by atoms with Gasteiger partial charge in [-0.25, -0.2) is 13.2 Å². The molecule has 0 fully saturated rings. The van der Waals surface area contributed by atoms with E-state index in [2.05, 4.69) is 10.6 Å². The highest BCUT2D eigenvalue weighted by molar-refractivity contribution is 5.94. The summed E-state index contributed by atoms with van der Waals surface area (Å²) in [7, 11) is 1.70. The van der Waals surface area contributed by atoms with Crippen LogP contribution in [0.25, 0.3) is 0 Å². The summed E-state index contributed by atoms with van der Waals surface area (Å²) in [5.74, 6) is -5.20. The fourth-order valence-corrected chi connectivity index (χ4v) is 1.14. The zero-order valence-electron chi connectivity index (χ0n) is 9.48. The molecule has 1 amide bonds. The Morgan fingerprint density at radius 1 is 1.29 bits per heavy atom. The van der Waals surface area contributed by atoms with Crippen LogP contribution in [-0.4, -0.2) is 25.5 Å². The molecule has 1 aromatic rings. The second-order valence-corrected chi connectivity index (χ2v) is 3.62. The molecule has 0 bridgehead atoms. The number of hydrogen-bond donors (Lipinski definition) is 2. The van der Waals surface area contributed by atoms with E-state index >= 15 is 0 Å². The highest BCUT2D eigenvalue weighted by Crippen LogP contribution is 2.14. The van der Waals surface area contributed by atoms with Crippen molar-refractivity contribution in [3.8, 4) is 0 Å². The quantitative estimate of drug-likeness (QED) is 0.789. The molecule has 0 radical (unpaired) electrons. The lowest BCUT2D eigenvalue weighted by Crippen LogP contribution is -2.37. The molecule has 3 nitrogen and oxygen atoms in total. The van der Waals surface area contributed by atoms with Gasteiger partial charge in [-0.3, -0.25) is 4.79 Å².